The molecule has 0 spiro atoms. The molecule has 1 amide bonds. The molecule has 0 unspecified atom stereocenters. The van der Waals surface area contributed by atoms with Gasteiger partial charge in [-0.1, -0.05) is 19.1 Å². The van der Waals surface area contributed by atoms with Crippen LogP contribution < -0.4 is 10.0 Å². The molecule has 2 aromatic heterocycles. The lowest BCUT2D eigenvalue weighted by Gasteiger charge is -2.17. The fraction of sp³-hybridized carbons (Fsp3) is 0.350. The highest BCUT2D eigenvalue weighted by atomic mass is 32.2. The van der Waals surface area contributed by atoms with Crippen molar-refractivity contribution in [3.8, 4) is 0 Å². The summed E-state index contributed by atoms with van der Waals surface area (Å²) in [6.45, 7) is 6.03. The molecule has 3 aromatic rings. The Morgan fingerprint density at radius 2 is 2.00 bits per heavy atom. The normalized spacial score (nSPS) is 12.0. The molecule has 0 saturated heterocycles. The van der Waals surface area contributed by atoms with E-state index < -0.39 is 0 Å². The van der Waals surface area contributed by atoms with Crippen molar-refractivity contribution < 1.29 is 9.35 Å². The Hall–Kier alpha value is -1.94. The molecule has 3 N–H and O–H groups in total. The fourth-order valence-corrected chi connectivity index (χ4v) is 5.00. The van der Waals surface area contributed by atoms with Crippen LogP contribution in [0.5, 0.6) is 0 Å². The second-order valence-electron chi connectivity index (χ2n) is 6.66. The summed E-state index contributed by atoms with van der Waals surface area (Å²) in [7, 11) is 0. The Labute approximate surface area is 183 Å². The van der Waals surface area contributed by atoms with Crippen molar-refractivity contribution in [2.45, 2.75) is 46.1 Å². The number of carbonyl (C=O) groups is 1. The number of carbonyl (C=O) groups excluding carboxylic acids is 1. The second kappa shape index (κ2) is 10.2. The molecule has 154 valence electrons. The maximum Gasteiger partial charge on any atom is 0.226 e. The van der Waals surface area contributed by atoms with Crippen molar-refractivity contribution in [3.05, 3.63) is 61.5 Å². The predicted octanol–water partition coefficient (Wildman–Crippen LogP) is 4.95. The summed E-state index contributed by atoms with van der Waals surface area (Å²) in [5.41, 5.74) is 3.78. The van der Waals surface area contributed by atoms with E-state index in [-0.39, 0.29) is 18.4 Å². The molecule has 29 heavy (non-hydrogen) atoms. The first kappa shape index (κ1) is 21.8. The first-order valence-electron chi connectivity index (χ1n) is 9.30. The minimum Gasteiger partial charge on any atom is -0.346 e. The molecule has 3 rings (SSSR count). The van der Waals surface area contributed by atoms with E-state index in [1.54, 1.807) is 22.7 Å². The van der Waals surface area contributed by atoms with Crippen molar-refractivity contribution in [1.29, 1.82) is 0 Å². The van der Waals surface area contributed by atoms with E-state index in [9.17, 15) is 4.79 Å². The lowest BCUT2D eigenvalue weighted by molar-refractivity contribution is -0.121. The molecule has 0 aliphatic rings. The Morgan fingerprint density at radius 1 is 1.24 bits per heavy atom. The number of amides is 1. The lowest BCUT2D eigenvalue weighted by Crippen LogP contribution is -2.31. The van der Waals surface area contributed by atoms with Crippen molar-refractivity contribution in [3.63, 3.8) is 0 Å². The van der Waals surface area contributed by atoms with Crippen LogP contribution in [0, 0.1) is 13.8 Å². The molecule has 2 heterocycles. The average molecular weight is 449 g/mol. The van der Waals surface area contributed by atoms with Gasteiger partial charge in [0.15, 0.2) is 0 Å². The first-order chi connectivity index (χ1) is 14.0. The second-order valence-corrected chi connectivity index (χ2v) is 9.34. The molecule has 0 aliphatic heterocycles. The molecule has 0 bridgehead atoms. The minimum atomic E-state index is -0.195. The molecule has 9 heteroatoms. The van der Waals surface area contributed by atoms with Crippen LogP contribution in [-0.4, -0.2) is 20.4 Å². The smallest absolute Gasteiger partial charge is 0.226 e. The number of hydrogen-bond donors (Lipinski definition) is 3. The van der Waals surface area contributed by atoms with Crippen molar-refractivity contribution in [2.24, 2.45) is 0 Å². The van der Waals surface area contributed by atoms with Gasteiger partial charge in [0.05, 0.1) is 28.9 Å². The van der Waals surface area contributed by atoms with Gasteiger partial charge in [-0.3, -0.25) is 4.79 Å². The third-order valence-corrected chi connectivity index (χ3v) is 6.71. The maximum absolute atomic E-state index is 12.8. The van der Waals surface area contributed by atoms with E-state index >= 15 is 0 Å². The number of hydrogen-bond acceptors (Lipinski definition) is 8. The molecule has 0 aliphatic carbocycles. The molecule has 1 aromatic carbocycles. The summed E-state index contributed by atoms with van der Waals surface area (Å²) in [4.78, 5) is 23.0. The van der Waals surface area contributed by atoms with Gasteiger partial charge in [-0.05, 0) is 44.4 Å². The minimum absolute atomic E-state index is 0.0494. The zero-order valence-corrected chi connectivity index (χ0v) is 19.0. The van der Waals surface area contributed by atoms with Gasteiger partial charge >= 0.3 is 0 Å². The third-order valence-electron chi connectivity index (χ3n) is 4.45. The van der Waals surface area contributed by atoms with Crippen molar-refractivity contribution in [1.82, 2.24) is 15.3 Å². The van der Waals surface area contributed by atoms with Gasteiger partial charge in [-0.15, -0.1) is 22.7 Å². The van der Waals surface area contributed by atoms with Crippen LogP contribution in [0.4, 0.5) is 5.69 Å². The van der Waals surface area contributed by atoms with Crippen LogP contribution >= 0.6 is 34.9 Å². The van der Waals surface area contributed by atoms with Crippen molar-refractivity contribution in [2.75, 3.05) is 4.72 Å². The predicted molar refractivity (Wildman–Crippen MR) is 122 cm³/mol. The molecular weight excluding hydrogens is 424 g/mol. The van der Waals surface area contributed by atoms with Crippen molar-refractivity contribution >= 4 is 46.5 Å². The van der Waals surface area contributed by atoms with E-state index in [4.69, 9.17) is 9.54 Å². The summed E-state index contributed by atoms with van der Waals surface area (Å²) in [6, 6.07) is 7.58. The zero-order chi connectivity index (χ0) is 20.8. The number of thiazole rings is 2. The van der Waals surface area contributed by atoms with E-state index in [2.05, 4.69) is 21.9 Å². The molecule has 0 saturated carbocycles. The first-order valence-corrected chi connectivity index (χ1v) is 11.8. The van der Waals surface area contributed by atoms with Gasteiger partial charge in [-0.2, -0.15) is 0 Å². The molecule has 1 atom stereocenters. The molecular formula is C20H24N4O2S3. The van der Waals surface area contributed by atoms with Gasteiger partial charge in [-0.25, -0.2) is 9.97 Å². The van der Waals surface area contributed by atoms with Crippen LogP contribution in [0.3, 0.4) is 0 Å². The van der Waals surface area contributed by atoms with E-state index in [0.717, 1.165) is 44.0 Å². The topological polar surface area (TPSA) is 87.1 Å². The third kappa shape index (κ3) is 6.02. The number of aryl methyl sites for hydroxylation is 3. The Morgan fingerprint density at radius 3 is 2.59 bits per heavy atom. The largest absolute Gasteiger partial charge is 0.346 e. The fourth-order valence-electron chi connectivity index (χ4n) is 2.98. The number of benzene rings is 1. The highest BCUT2D eigenvalue weighted by Crippen LogP contribution is 2.24. The monoisotopic (exact) mass is 448 g/mol. The van der Waals surface area contributed by atoms with Crippen LogP contribution in [0.25, 0.3) is 0 Å². The molecule has 6 nitrogen and oxygen atoms in total. The summed E-state index contributed by atoms with van der Waals surface area (Å²) < 4.78 is 11.7. The van der Waals surface area contributed by atoms with Crippen LogP contribution in [0.1, 0.15) is 44.8 Å². The van der Waals surface area contributed by atoms with Gasteiger partial charge in [0.1, 0.15) is 17.2 Å². The van der Waals surface area contributed by atoms with E-state index in [0.29, 0.717) is 18.6 Å². The highest BCUT2D eigenvalue weighted by molar-refractivity contribution is 7.95. The number of anilines is 1. The average Bonchev–Trinajstić information content (AvgIpc) is 3.29. The van der Waals surface area contributed by atoms with Crippen LogP contribution in [0.2, 0.25) is 0 Å². The highest BCUT2D eigenvalue weighted by Gasteiger charge is 2.20. The molecule has 0 radical (unpaired) electrons. The van der Waals surface area contributed by atoms with Gasteiger partial charge in [0.2, 0.25) is 5.91 Å². The van der Waals surface area contributed by atoms with E-state index in [1.807, 2.05) is 43.5 Å². The molecule has 0 fully saturated rings. The van der Waals surface area contributed by atoms with Crippen LogP contribution in [-0.2, 0) is 24.1 Å². The SMILES string of the molecule is CCc1csc([C@H](Cc2ccc(NSO)cc2)NC(=O)Cc2nc(C)sc2C)n1. The standard InChI is InChI=1S/C20H24N4O2S3/c1-4-15-11-27-20(22-15)18(9-14-5-7-16(8-6-14)24-29-26)23-19(25)10-17-12(2)28-13(3)21-17/h5-8,11,18,24,26H,4,9-10H2,1-3H3,(H,23,25)/t18-/m0/s1. The number of nitrogens with zero attached hydrogens (tertiary/aromatic N) is 2. The maximum atomic E-state index is 12.8. The summed E-state index contributed by atoms with van der Waals surface area (Å²) in [6.07, 6.45) is 1.78. The van der Waals surface area contributed by atoms with Gasteiger partial charge in [0.25, 0.3) is 0 Å². The van der Waals surface area contributed by atoms with E-state index in [1.165, 1.54) is 0 Å². The van der Waals surface area contributed by atoms with Gasteiger partial charge in [0, 0.05) is 15.9 Å². The number of rotatable bonds is 9. The Kier molecular flexibility index (Phi) is 7.65. The summed E-state index contributed by atoms with van der Waals surface area (Å²) in [5.74, 6) is -0.0494. The summed E-state index contributed by atoms with van der Waals surface area (Å²) in [5, 5.41) is 7.09. The zero-order valence-electron chi connectivity index (χ0n) is 16.6. The summed E-state index contributed by atoms with van der Waals surface area (Å²) >= 11 is 3.76. The number of aromatic nitrogens is 2. The Bertz CT molecular complexity index is 953. The van der Waals surface area contributed by atoms with Gasteiger partial charge < -0.3 is 14.6 Å². The van der Waals surface area contributed by atoms with Crippen LogP contribution in [0.15, 0.2) is 29.6 Å². The quantitative estimate of drug-likeness (QED) is 0.317. The number of nitrogens with one attached hydrogen (secondary N) is 2. The lowest BCUT2D eigenvalue weighted by atomic mass is 10.1. The Balaban J connectivity index is 1.75.